The summed E-state index contributed by atoms with van der Waals surface area (Å²) in [5.74, 6) is 0.921. The third-order valence-electron chi connectivity index (χ3n) is 6.62. The quantitative estimate of drug-likeness (QED) is 0.577. The van der Waals surface area contributed by atoms with Crippen molar-refractivity contribution in [3.8, 4) is 5.75 Å². The van der Waals surface area contributed by atoms with Gasteiger partial charge in [-0.15, -0.1) is 11.8 Å². The van der Waals surface area contributed by atoms with E-state index in [9.17, 15) is 14.7 Å². The third kappa shape index (κ3) is 3.79. The minimum atomic E-state index is -0.536. The number of hydrogen-bond acceptors (Lipinski definition) is 6. The summed E-state index contributed by atoms with van der Waals surface area (Å²) in [4.78, 5) is 28.7. The number of benzene rings is 2. The number of hydrogen-bond donors (Lipinski definition) is 1. The van der Waals surface area contributed by atoms with E-state index in [-0.39, 0.29) is 17.6 Å². The highest BCUT2D eigenvalue weighted by Crippen LogP contribution is 2.43. The molecule has 0 spiro atoms. The smallest absolute Gasteiger partial charge is 0.277 e. The minimum Gasteiger partial charge on any atom is -0.502 e. The fourth-order valence-electron chi connectivity index (χ4n) is 4.74. The molecule has 1 fully saturated rings. The molecule has 1 atom stereocenters. The van der Waals surface area contributed by atoms with Crippen molar-refractivity contribution in [2.75, 3.05) is 24.0 Å². The highest BCUT2D eigenvalue weighted by Gasteiger charge is 2.38. The largest absolute Gasteiger partial charge is 0.502 e. The van der Waals surface area contributed by atoms with E-state index in [0.717, 1.165) is 17.1 Å². The number of amides is 1. The van der Waals surface area contributed by atoms with E-state index in [0.29, 0.717) is 18.5 Å². The van der Waals surface area contributed by atoms with Crippen molar-refractivity contribution in [2.24, 2.45) is 0 Å². The molecule has 0 saturated heterocycles. The molecule has 0 bridgehead atoms. The van der Waals surface area contributed by atoms with Crippen LogP contribution in [0.15, 0.2) is 70.5 Å². The Morgan fingerprint density at radius 2 is 1.76 bits per heavy atom. The summed E-state index contributed by atoms with van der Waals surface area (Å²) in [5, 5.41) is 13.5. The minimum absolute atomic E-state index is 0.0436. The maximum atomic E-state index is 13.4. The Kier molecular flexibility index (Phi) is 5.57. The Bertz CT molecular complexity index is 1270. The Hall–Kier alpha value is -2.84. The molecule has 1 aromatic heterocycles. The number of aromatic hydroxyl groups is 1. The van der Waals surface area contributed by atoms with Crippen molar-refractivity contribution in [1.82, 2.24) is 9.58 Å². The third-order valence-corrected chi connectivity index (χ3v) is 9.12. The first kappa shape index (κ1) is 21.7. The van der Waals surface area contributed by atoms with Crippen molar-refractivity contribution in [3.63, 3.8) is 0 Å². The van der Waals surface area contributed by atoms with Crippen LogP contribution in [0.5, 0.6) is 5.75 Å². The molecule has 6 rings (SSSR count). The molecule has 2 aromatic carbocycles. The second-order valence-electron chi connectivity index (χ2n) is 8.87. The van der Waals surface area contributed by atoms with Crippen molar-refractivity contribution < 1.29 is 9.90 Å². The predicted molar refractivity (Wildman–Crippen MR) is 136 cm³/mol. The van der Waals surface area contributed by atoms with Gasteiger partial charge in [0.2, 0.25) is 5.43 Å². The fourth-order valence-corrected chi connectivity index (χ4v) is 6.97. The number of thioether (sulfide) groups is 2. The van der Waals surface area contributed by atoms with E-state index in [1.165, 1.54) is 34.9 Å². The second kappa shape index (κ2) is 8.74. The lowest BCUT2D eigenvalue weighted by Gasteiger charge is -2.44. The zero-order valence-corrected chi connectivity index (χ0v) is 20.2. The Labute approximate surface area is 206 Å². The summed E-state index contributed by atoms with van der Waals surface area (Å²) in [6, 6.07) is 18.0. The van der Waals surface area contributed by atoms with Crippen LogP contribution in [0, 0.1) is 0 Å². The van der Waals surface area contributed by atoms with Gasteiger partial charge in [-0.3, -0.25) is 19.3 Å². The topological polar surface area (TPSA) is 65.8 Å². The van der Waals surface area contributed by atoms with Crippen LogP contribution in [0.1, 0.15) is 46.1 Å². The van der Waals surface area contributed by atoms with Crippen LogP contribution in [0.3, 0.4) is 0 Å². The Morgan fingerprint density at radius 1 is 1.00 bits per heavy atom. The van der Waals surface area contributed by atoms with Gasteiger partial charge in [-0.1, -0.05) is 42.5 Å². The maximum absolute atomic E-state index is 13.4. The molecule has 1 saturated carbocycles. The van der Waals surface area contributed by atoms with Gasteiger partial charge in [-0.05, 0) is 35.6 Å². The normalized spacial score (nSPS) is 19.3. The molecule has 6 nitrogen and oxygen atoms in total. The first-order valence-corrected chi connectivity index (χ1v) is 13.6. The predicted octanol–water partition coefficient (Wildman–Crippen LogP) is 4.20. The highest BCUT2D eigenvalue weighted by atomic mass is 32.2. The van der Waals surface area contributed by atoms with Gasteiger partial charge in [0.05, 0.1) is 6.04 Å². The van der Waals surface area contributed by atoms with Gasteiger partial charge in [0.15, 0.2) is 11.4 Å². The Morgan fingerprint density at radius 3 is 2.59 bits per heavy atom. The van der Waals surface area contributed by atoms with E-state index in [1.807, 2.05) is 35.7 Å². The molecule has 174 valence electrons. The lowest BCUT2D eigenvalue weighted by molar-refractivity contribution is 0.0692. The van der Waals surface area contributed by atoms with Crippen molar-refractivity contribution in [3.05, 3.63) is 93.4 Å². The number of aromatic nitrogens is 1. The van der Waals surface area contributed by atoms with E-state index in [4.69, 9.17) is 0 Å². The number of carbonyl (C=O) groups is 1. The van der Waals surface area contributed by atoms with Crippen LogP contribution in [0.25, 0.3) is 0 Å². The molecule has 1 N–H and O–H groups in total. The first-order valence-electron chi connectivity index (χ1n) is 11.5. The van der Waals surface area contributed by atoms with E-state index in [2.05, 4.69) is 41.4 Å². The molecule has 3 aromatic rings. The summed E-state index contributed by atoms with van der Waals surface area (Å²) in [6.07, 6.45) is 4.11. The van der Waals surface area contributed by atoms with Crippen LogP contribution in [0.2, 0.25) is 0 Å². The molecule has 3 heterocycles. The number of pyridine rings is 1. The molecule has 1 aliphatic carbocycles. The van der Waals surface area contributed by atoms with Gasteiger partial charge in [-0.25, -0.2) is 0 Å². The molecule has 3 aliphatic rings. The number of carbonyl (C=O) groups excluding carboxylic acids is 1. The van der Waals surface area contributed by atoms with Gasteiger partial charge in [0, 0.05) is 40.5 Å². The molecule has 8 heteroatoms. The van der Waals surface area contributed by atoms with Crippen molar-refractivity contribution >= 4 is 29.4 Å². The van der Waals surface area contributed by atoms with E-state index >= 15 is 0 Å². The van der Waals surface area contributed by atoms with Crippen molar-refractivity contribution in [2.45, 2.75) is 34.8 Å². The second-order valence-corrected chi connectivity index (χ2v) is 11.3. The lowest BCUT2D eigenvalue weighted by atomic mass is 9.94. The van der Waals surface area contributed by atoms with Gasteiger partial charge in [0.1, 0.15) is 6.67 Å². The van der Waals surface area contributed by atoms with Gasteiger partial charge >= 0.3 is 0 Å². The van der Waals surface area contributed by atoms with Gasteiger partial charge in [-0.2, -0.15) is 11.8 Å². The van der Waals surface area contributed by atoms with Gasteiger partial charge < -0.3 is 10.0 Å². The summed E-state index contributed by atoms with van der Waals surface area (Å²) < 4.78 is 1.69. The number of nitrogens with zero attached hydrogens (tertiary/aromatic N) is 3. The van der Waals surface area contributed by atoms with Crippen LogP contribution in [-0.2, 0) is 5.75 Å². The van der Waals surface area contributed by atoms with E-state index in [1.54, 1.807) is 15.8 Å². The summed E-state index contributed by atoms with van der Waals surface area (Å²) in [5.41, 5.74) is 3.08. The lowest BCUT2D eigenvalue weighted by Crippen LogP contribution is -2.56. The van der Waals surface area contributed by atoms with Crippen molar-refractivity contribution in [1.29, 1.82) is 0 Å². The monoisotopic (exact) mass is 491 g/mol. The van der Waals surface area contributed by atoms with Crippen LogP contribution in [0.4, 0.5) is 0 Å². The standard InChI is InChI=1S/C26H25N3O3S2/c30-21-11-12-28-24(25(21)31)26(32)27(13-14-33-18-9-10-18)16-29(28)23-19-6-2-1-5-17(19)15-34-22-8-4-3-7-20(22)23/h1-8,11-12,18,23,31H,9-10,13-16H2/t23-/m0/s1. The summed E-state index contributed by atoms with van der Waals surface area (Å²) >= 11 is 3.71. The zero-order valence-electron chi connectivity index (χ0n) is 18.6. The fraction of sp³-hybridized carbons (Fsp3) is 0.308. The molecule has 0 radical (unpaired) electrons. The highest BCUT2D eigenvalue weighted by molar-refractivity contribution is 8.00. The molecule has 2 aliphatic heterocycles. The average molecular weight is 492 g/mol. The Balaban J connectivity index is 1.49. The maximum Gasteiger partial charge on any atom is 0.277 e. The summed E-state index contributed by atoms with van der Waals surface area (Å²) in [6.45, 7) is 0.946. The summed E-state index contributed by atoms with van der Waals surface area (Å²) in [7, 11) is 0. The molecular formula is C26H25N3O3S2. The van der Waals surface area contributed by atoms with E-state index < -0.39 is 11.2 Å². The number of fused-ring (bicyclic) bond motifs is 3. The average Bonchev–Trinajstić information content (AvgIpc) is 3.69. The van der Waals surface area contributed by atoms with Crippen LogP contribution >= 0.6 is 23.5 Å². The molecule has 1 amide bonds. The molecular weight excluding hydrogens is 466 g/mol. The molecule has 34 heavy (non-hydrogen) atoms. The first-order chi connectivity index (χ1) is 16.6. The van der Waals surface area contributed by atoms with Gasteiger partial charge in [0.25, 0.3) is 5.91 Å². The molecule has 0 unspecified atom stereocenters. The van der Waals surface area contributed by atoms with Crippen LogP contribution in [-0.4, -0.2) is 44.8 Å². The van der Waals surface area contributed by atoms with Crippen LogP contribution < -0.4 is 10.4 Å². The number of rotatable bonds is 5. The zero-order chi connectivity index (χ0) is 23.2. The SMILES string of the molecule is O=C1c2c(O)c(=O)ccn2N([C@H]2c3ccccc3CSc3ccccc32)CN1CCSC1CC1.